The van der Waals surface area contributed by atoms with E-state index in [0.29, 0.717) is 11.4 Å². The molecule has 0 spiro atoms. The maximum atomic E-state index is 10.0. The lowest BCUT2D eigenvalue weighted by molar-refractivity contribution is 0.455. The Balaban J connectivity index is 2.75. The van der Waals surface area contributed by atoms with Crippen molar-refractivity contribution < 1.29 is 5.11 Å². The summed E-state index contributed by atoms with van der Waals surface area (Å²) in [5, 5.41) is 13.4. The number of nitrogens with one attached hydrogen (secondary N) is 1. The summed E-state index contributed by atoms with van der Waals surface area (Å²) < 4.78 is 0. The van der Waals surface area contributed by atoms with Gasteiger partial charge in [0.25, 0.3) is 0 Å². The van der Waals surface area contributed by atoms with Crippen molar-refractivity contribution in [3.8, 4) is 5.75 Å². The molecule has 0 saturated heterocycles. The fourth-order valence-electron chi connectivity index (χ4n) is 1.68. The highest BCUT2D eigenvalue weighted by atomic mass is 32.2. The predicted molar refractivity (Wildman–Crippen MR) is 74.5 cm³/mol. The van der Waals surface area contributed by atoms with Crippen molar-refractivity contribution in [1.82, 2.24) is 10.3 Å². The van der Waals surface area contributed by atoms with Crippen LogP contribution in [0.5, 0.6) is 5.75 Å². The van der Waals surface area contributed by atoms with Crippen molar-refractivity contribution in [2.75, 3.05) is 12.8 Å². The summed E-state index contributed by atoms with van der Waals surface area (Å²) >= 11 is 1.75. The van der Waals surface area contributed by atoms with Gasteiger partial charge in [-0.3, -0.25) is 4.98 Å². The smallest absolute Gasteiger partial charge is 0.141 e. The summed E-state index contributed by atoms with van der Waals surface area (Å²) in [5.74, 6) is 1.24. The minimum Gasteiger partial charge on any atom is -0.506 e. The van der Waals surface area contributed by atoms with Crippen molar-refractivity contribution in [2.45, 2.75) is 39.0 Å². The van der Waals surface area contributed by atoms with Crippen molar-refractivity contribution >= 4 is 11.8 Å². The van der Waals surface area contributed by atoms with Crippen LogP contribution in [0.25, 0.3) is 0 Å². The van der Waals surface area contributed by atoms with Gasteiger partial charge in [0.05, 0.1) is 5.69 Å². The van der Waals surface area contributed by atoms with Gasteiger partial charge in [-0.05, 0) is 31.7 Å². The number of rotatable bonds is 7. The van der Waals surface area contributed by atoms with E-state index in [1.165, 1.54) is 12.8 Å². The highest BCUT2D eigenvalue weighted by molar-refractivity contribution is 7.97. The third-order valence-electron chi connectivity index (χ3n) is 2.74. The number of hydrogen-bond acceptors (Lipinski definition) is 4. The number of aromatic nitrogens is 1. The molecule has 0 saturated carbocycles. The Morgan fingerprint density at radius 1 is 1.47 bits per heavy atom. The summed E-state index contributed by atoms with van der Waals surface area (Å²) in [6.07, 6.45) is 6.29. The van der Waals surface area contributed by atoms with Crippen LogP contribution in [0.3, 0.4) is 0 Å². The van der Waals surface area contributed by atoms with Gasteiger partial charge in [-0.2, -0.15) is 11.8 Å². The Labute approximate surface area is 108 Å². The molecule has 0 aliphatic carbocycles. The second-order valence-corrected chi connectivity index (χ2v) is 5.03. The summed E-state index contributed by atoms with van der Waals surface area (Å²) in [4.78, 5) is 4.21. The van der Waals surface area contributed by atoms with Crippen LogP contribution in [-0.2, 0) is 12.3 Å². The molecular weight excluding hydrogens is 232 g/mol. The third kappa shape index (κ3) is 4.21. The van der Waals surface area contributed by atoms with Crippen LogP contribution in [0, 0.1) is 6.92 Å². The molecule has 0 atom stereocenters. The first-order valence-corrected chi connectivity index (χ1v) is 7.46. The van der Waals surface area contributed by atoms with Crippen LogP contribution in [0.2, 0.25) is 0 Å². The van der Waals surface area contributed by atoms with Crippen molar-refractivity contribution in [3.05, 3.63) is 23.0 Å². The second kappa shape index (κ2) is 7.56. The number of aromatic hydroxyl groups is 1. The topological polar surface area (TPSA) is 45.2 Å². The minimum atomic E-state index is 0.348. The third-order valence-corrected chi connectivity index (χ3v) is 3.34. The van der Waals surface area contributed by atoms with Gasteiger partial charge in [-0.15, -0.1) is 0 Å². The van der Waals surface area contributed by atoms with E-state index < -0.39 is 0 Å². The van der Waals surface area contributed by atoms with E-state index in [2.05, 4.69) is 23.5 Å². The monoisotopic (exact) mass is 254 g/mol. The quantitative estimate of drug-likeness (QED) is 0.734. The van der Waals surface area contributed by atoms with Gasteiger partial charge < -0.3 is 10.4 Å². The summed E-state index contributed by atoms with van der Waals surface area (Å²) in [7, 11) is 0. The Kier molecular flexibility index (Phi) is 6.37. The Morgan fingerprint density at radius 2 is 2.24 bits per heavy atom. The molecular formula is C13H22N2OS. The molecule has 0 bridgehead atoms. The molecule has 2 N–H and O–H groups in total. The summed E-state index contributed by atoms with van der Waals surface area (Å²) in [6, 6.07) is 0. The lowest BCUT2D eigenvalue weighted by Crippen LogP contribution is -2.16. The van der Waals surface area contributed by atoms with Crippen LogP contribution in [-0.4, -0.2) is 22.9 Å². The van der Waals surface area contributed by atoms with Gasteiger partial charge in [-0.25, -0.2) is 0 Å². The van der Waals surface area contributed by atoms with E-state index in [0.717, 1.165) is 30.0 Å². The van der Waals surface area contributed by atoms with Crippen molar-refractivity contribution in [2.24, 2.45) is 0 Å². The maximum Gasteiger partial charge on any atom is 0.141 e. The molecule has 0 fully saturated rings. The molecule has 0 aromatic carbocycles. The van der Waals surface area contributed by atoms with Crippen molar-refractivity contribution in [1.29, 1.82) is 0 Å². The van der Waals surface area contributed by atoms with E-state index in [1.807, 2.05) is 13.1 Å². The van der Waals surface area contributed by atoms with Crippen LogP contribution >= 0.6 is 11.8 Å². The average Bonchev–Trinajstić information content (AvgIpc) is 2.33. The number of nitrogens with zero attached hydrogens (tertiary/aromatic N) is 1. The average molecular weight is 254 g/mol. The molecule has 3 nitrogen and oxygen atoms in total. The zero-order valence-corrected chi connectivity index (χ0v) is 11.7. The largest absolute Gasteiger partial charge is 0.506 e. The first kappa shape index (κ1) is 14.3. The lowest BCUT2D eigenvalue weighted by Gasteiger charge is -2.13. The van der Waals surface area contributed by atoms with E-state index in [1.54, 1.807) is 11.8 Å². The van der Waals surface area contributed by atoms with Gasteiger partial charge >= 0.3 is 0 Å². The lowest BCUT2D eigenvalue weighted by atomic mass is 10.1. The standard InChI is InChI=1S/C13H22N2OS/c1-4-5-6-14-8-12-11(9-17-3)7-15-10(2)13(12)16/h7,14,16H,4-6,8-9H2,1-3H3. The van der Waals surface area contributed by atoms with Crippen LogP contribution < -0.4 is 5.32 Å². The second-order valence-electron chi connectivity index (χ2n) is 4.16. The number of hydrogen-bond donors (Lipinski definition) is 2. The molecule has 1 aromatic rings. The molecule has 4 heteroatoms. The number of pyridine rings is 1. The van der Waals surface area contributed by atoms with Crippen LogP contribution in [0.4, 0.5) is 0 Å². The van der Waals surface area contributed by atoms with Crippen LogP contribution in [0.15, 0.2) is 6.20 Å². The van der Waals surface area contributed by atoms with Gasteiger partial charge in [0, 0.05) is 24.1 Å². The van der Waals surface area contributed by atoms with E-state index in [-0.39, 0.29) is 0 Å². The normalized spacial score (nSPS) is 10.8. The summed E-state index contributed by atoms with van der Waals surface area (Å²) in [5.41, 5.74) is 2.84. The SMILES string of the molecule is CCCCNCc1c(CSC)cnc(C)c1O. The molecule has 0 radical (unpaired) electrons. The zero-order valence-electron chi connectivity index (χ0n) is 10.9. The molecule has 0 amide bonds. The molecule has 1 heterocycles. The highest BCUT2D eigenvalue weighted by Crippen LogP contribution is 2.25. The van der Waals surface area contributed by atoms with E-state index in [4.69, 9.17) is 0 Å². The fraction of sp³-hybridized carbons (Fsp3) is 0.615. The molecule has 0 aliphatic heterocycles. The highest BCUT2D eigenvalue weighted by Gasteiger charge is 2.10. The maximum absolute atomic E-state index is 10.0. The first-order valence-electron chi connectivity index (χ1n) is 6.06. The predicted octanol–water partition coefficient (Wildman–Crippen LogP) is 2.85. The Bertz CT molecular complexity index is 356. The molecule has 1 aromatic heterocycles. The van der Waals surface area contributed by atoms with E-state index in [9.17, 15) is 5.11 Å². The fourth-order valence-corrected chi connectivity index (χ4v) is 2.24. The molecule has 0 unspecified atom stereocenters. The number of aryl methyl sites for hydroxylation is 1. The molecule has 0 aliphatic rings. The minimum absolute atomic E-state index is 0.348. The van der Waals surface area contributed by atoms with Gasteiger partial charge in [0.15, 0.2) is 0 Å². The molecule has 17 heavy (non-hydrogen) atoms. The van der Waals surface area contributed by atoms with E-state index >= 15 is 0 Å². The Morgan fingerprint density at radius 3 is 2.88 bits per heavy atom. The first-order chi connectivity index (χ1) is 8.20. The van der Waals surface area contributed by atoms with Crippen molar-refractivity contribution in [3.63, 3.8) is 0 Å². The van der Waals surface area contributed by atoms with Crippen LogP contribution in [0.1, 0.15) is 36.6 Å². The summed E-state index contributed by atoms with van der Waals surface area (Å²) in [6.45, 7) is 5.74. The Hall–Kier alpha value is -0.740. The number of unbranched alkanes of at least 4 members (excludes halogenated alkanes) is 1. The number of thioether (sulfide) groups is 1. The van der Waals surface area contributed by atoms with Gasteiger partial charge in [0.1, 0.15) is 5.75 Å². The molecule has 1 rings (SSSR count). The van der Waals surface area contributed by atoms with Gasteiger partial charge in [0.2, 0.25) is 0 Å². The zero-order chi connectivity index (χ0) is 12.7. The van der Waals surface area contributed by atoms with Gasteiger partial charge in [-0.1, -0.05) is 13.3 Å². The molecule has 96 valence electrons.